The van der Waals surface area contributed by atoms with E-state index >= 15 is 0 Å². The van der Waals surface area contributed by atoms with Crippen LogP contribution in [0, 0.1) is 0 Å². The number of nitrogens with one attached hydrogen (secondary N) is 1. The third-order valence-corrected chi connectivity index (χ3v) is 3.85. The summed E-state index contributed by atoms with van der Waals surface area (Å²) in [6.45, 7) is 2.53. The molecule has 0 bridgehead atoms. The summed E-state index contributed by atoms with van der Waals surface area (Å²) < 4.78 is 11.2. The van der Waals surface area contributed by atoms with E-state index < -0.39 is 16.7 Å². The van der Waals surface area contributed by atoms with Crippen molar-refractivity contribution < 1.29 is 9.00 Å². The SMILES string of the molecule is CC(CCNc1ncccc1C(N)=O)S(C)=O. The molecule has 0 aliphatic heterocycles. The number of nitrogens with two attached hydrogens (primary N) is 1. The summed E-state index contributed by atoms with van der Waals surface area (Å²) in [5.41, 5.74) is 5.60. The lowest BCUT2D eigenvalue weighted by atomic mass is 10.2. The summed E-state index contributed by atoms with van der Waals surface area (Å²) in [4.78, 5) is 15.2. The lowest BCUT2D eigenvalue weighted by molar-refractivity contribution is 0.100. The van der Waals surface area contributed by atoms with Crippen LogP contribution in [0.1, 0.15) is 23.7 Å². The zero-order valence-corrected chi connectivity index (χ0v) is 10.8. The smallest absolute Gasteiger partial charge is 0.252 e. The van der Waals surface area contributed by atoms with Crippen LogP contribution in [0.2, 0.25) is 0 Å². The second-order valence-electron chi connectivity index (χ2n) is 3.79. The molecule has 0 aromatic carbocycles. The van der Waals surface area contributed by atoms with Gasteiger partial charge in [0.25, 0.3) is 5.91 Å². The normalized spacial score (nSPS) is 14.0. The number of hydrogen-bond acceptors (Lipinski definition) is 4. The molecular weight excluding hydrogens is 238 g/mol. The van der Waals surface area contributed by atoms with Crippen molar-refractivity contribution in [1.82, 2.24) is 4.98 Å². The van der Waals surface area contributed by atoms with E-state index in [0.717, 1.165) is 6.42 Å². The van der Waals surface area contributed by atoms with Crippen molar-refractivity contribution in [2.75, 3.05) is 18.1 Å². The van der Waals surface area contributed by atoms with Crippen molar-refractivity contribution in [3.05, 3.63) is 23.9 Å². The summed E-state index contributed by atoms with van der Waals surface area (Å²) in [6, 6.07) is 3.29. The Hall–Kier alpha value is -1.43. The molecule has 0 aliphatic rings. The third-order valence-electron chi connectivity index (χ3n) is 2.48. The van der Waals surface area contributed by atoms with Crippen molar-refractivity contribution in [1.29, 1.82) is 0 Å². The van der Waals surface area contributed by atoms with E-state index in [0.29, 0.717) is 17.9 Å². The Kier molecular flexibility index (Phi) is 5.09. The van der Waals surface area contributed by atoms with Gasteiger partial charge in [-0.1, -0.05) is 6.92 Å². The topological polar surface area (TPSA) is 85.1 Å². The Morgan fingerprint density at radius 1 is 1.65 bits per heavy atom. The van der Waals surface area contributed by atoms with E-state index in [-0.39, 0.29) is 5.25 Å². The Labute approximate surface area is 103 Å². The van der Waals surface area contributed by atoms with Crippen molar-refractivity contribution in [3.8, 4) is 0 Å². The van der Waals surface area contributed by atoms with Gasteiger partial charge in [0.1, 0.15) is 5.82 Å². The molecule has 0 spiro atoms. The van der Waals surface area contributed by atoms with Crippen LogP contribution >= 0.6 is 0 Å². The highest BCUT2D eigenvalue weighted by Crippen LogP contribution is 2.10. The molecule has 0 aliphatic carbocycles. The molecule has 0 radical (unpaired) electrons. The number of rotatable bonds is 6. The van der Waals surface area contributed by atoms with Gasteiger partial charge in [0.2, 0.25) is 0 Å². The van der Waals surface area contributed by atoms with E-state index in [2.05, 4.69) is 10.3 Å². The quantitative estimate of drug-likeness (QED) is 0.785. The molecular formula is C11H17N3O2S. The van der Waals surface area contributed by atoms with Gasteiger partial charge >= 0.3 is 0 Å². The summed E-state index contributed by atoms with van der Waals surface area (Å²) in [5.74, 6) is -0.0261. The minimum atomic E-state index is -0.834. The van der Waals surface area contributed by atoms with E-state index in [1.807, 2.05) is 6.92 Å². The molecule has 17 heavy (non-hydrogen) atoms. The molecule has 1 aromatic rings. The van der Waals surface area contributed by atoms with Gasteiger partial charge in [-0.15, -0.1) is 0 Å². The van der Waals surface area contributed by atoms with Crippen LogP contribution < -0.4 is 11.1 Å². The third kappa shape index (κ3) is 4.14. The van der Waals surface area contributed by atoms with Crippen LogP contribution in [0.25, 0.3) is 0 Å². The van der Waals surface area contributed by atoms with Gasteiger partial charge in [-0.2, -0.15) is 0 Å². The van der Waals surface area contributed by atoms with Gasteiger partial charge < -0.3 is 11.1 Å². The highest BCUT2D eigenvalue weighted by Gasteiger charge is 2.09. The Balaban J connectivity index is 2.58. The maximum absolute atomic E-state index is 11.2. The van der Waals surface area contributed by atoms with Gasteiger partial charge in [0.15, 0.2) is 0 Å². The fourth-order valence-electron chi connectivity index (χ4n) is 1.30. The molecule has 3 N–H and O–H groups in total. The van der Waals surface area contributed by atoms with Gasteiger partial charge in [-0.05, 0) is 18.6 Å². The zero-order valence-electron chi connectivity index (χ0n) is 9.97. The second-order valence-corrected chi connectivity index (χ2v) is 5.59. The zero-order chi connectivity index (χ0) is 12.8. The number of pyridine rings is 1. The summed E-state index contributed by atoms with van der Waals surface area (Å²) in [6.07, 6.45) is 4.02. The monoisotopic (exact) mass is 255 g/mol. The molecule has 94 valence electrons. The van der Waals surface area contributed by atoms with Crippen LogP contribution in [-0.2, 0) is 10.8 Å². The number of nitrogens with zero attached hydrogens (tertiary/aromatic N) is 1. The van der Waals surface area contributed by atoms with E-state index in [4.69, 9.17) is 5.73 Å². The van der Waals surface area contributed by atoms with Crippen LogP contribution in [0.15, 0.2) is 18.3 Å². The number of hydrogen-bond donors (Lipinski definition) is 2. The van der Waals surface area contributed by atoms with Crippen molar-refractivity contribution in [2.24, 2.45) is 5.73 Å². The molecule has 1 amide bonds. The van der Waals surface area contributed by atoms with E-state index in [9.17, 15) is 9.00 Å². The number of carbonyl (C=O) groups is 1. The first kappa shape index (κ1) is 13.6. The first-order valence-electron chi connectivity index (χ1n) is 5.33. The number of primary amides is 1. The molecule has 2 unspecified atom stereocenters. The van der Waals surface area contributed by atoms with Gasteiger partial charge in [-0.25, -0.2) is 4.98 Å². The molecule has 5 nitrogen and oxygen atoms in total. The molecule has 0 saturated heterocycles. The van der Waals surface area contributed by atoms with Crippen LogP contribution in [0.5, 0.6) is 0 Å². The van der Waals surface area contributed by atoms with Crippen LogP contribution in [0.4, 0.5) is 5.82 Å². The lowest BCUT2D eigenvalue weighted by Gasteiger charge is -2.11. The van der Waals surface area contributed by atoms with Gasteiger partial charge in [-0.3, -0.25) is 9.00 Å². The van der Waals surface area contributed by atoms with Gasteiger partial charge in [0, 0.05) is 35.0 Å². The molecule has 1 rings (SSSR count). The number of anilines is 1. The average Bonchev–Trinajstić information content (AvgIpc) is 2.29. The fourth-order valence-corrected chi connectivity index (χ4v) is 1.75. The predicted octanol–water partition coefficient (Wildman–Crippen LogP) is 0.750. The highest BCUT2D eigenvalue weighted by atomic mass is 32.2. The fraction of sp³-hybridized carbons (Fsp3) is 0.455. The first-order chi connectivity index (χ1) is 8.02. The standard InChI is InChI=1S/C11H17N3O2S/c1-8(17(2)16)5-7-14-11-9(10(12)15)4-3-6-13-11/h3-4,6,8H,5,7H2,1-2H3,(H2,12,15)(H,13,14). The molecule has 0 saturated carbocycles. The predicted molar refractivity (Wildman–Crippen MR) is 69.4 cm³/mol. The molecule has 6 heteroatoms. The number of aromatic nitrogens is 1. The summed E-state index contributed by atoms with van der Waals surface area (Å²) in [7, 11) is -0.834. The van der Waals surface area contributed by atoms with Crippen molar-refractivity contribution in [2.45, 2.75) is 18.6 Å². The number of amides is 1. The average molecular weight is 255 g/mol. The van der Waals surface area contributed by atoms with E-state index in [1.165, 1.54) is 0 Å². The summed E-state index contributed by atoms with van der Waals surface area (Å²) >= 11 is 0. The number of carbonyl (C=O) groups excluding carboxylic acids is 1. The molecule has 1 aromatic heterocycles. The van der Waals surface area contributed by atoms with Crippen LogP contribution in [-0.4, -0.2) is 33.2 Å². The minimum Gasteiger partial charge on any atom is -0.369 e. The Morgan fingerprint density at radius 2 is 2.35 bits per heavy atom. The summed E-state index contributed by atoms with van der Waals surface area (Å²) in [5, 5.41) is 3.15. The van der Waals surface area contributed by atoms with Gasteiger partial charge in [0.05, 0.1) is 5.56 Å². The minimum absolute atomic E-state index is 0.114. The van der Waals surface area contributed by atoms with Crippen molar-refractivity contribution >= 4 is 22.5 Å². The molecule has 0 fully saturated rings. The molecule has 1 heterocycles. The Bertz CT molecular complexity index is 423. The maximum Gasteiger partial charge on any atom is 0.252 e. The Morgan fingerprint density at radius 3 is 2.94 bits per heavy atom. The largest absolute Gasteiger partial charge is 0.369 e. The maximum atomic E-state index is 11.2. The highest BCUT2D eigenvalue weighted by molar-refractivity contribution is 7.84. The molecule has 2 atom stereocenters. The first-order valence-corrected chi connectivity index (χ1v) is 6.95. The van der Waals surface area contributed by atoms with Crippen LogP contribution in [0.3, 0.4) is 0 Å². The second kappa shape index (κ2) is 6.34. The lowest BCUT2D eigenvalue weighted by Crippen LogP contribution is -2.18. The van der Waals surface area contributed by atoms with Crippen molar-refractivity contribution in [3.63, 3.8) is 0 Å². The van der Waals surface area contributed by atoms with E-state index in [1.54, 1.807) is 24.6 Å².